The summed E-state index contributed by atoms with van der Waals surface area (Å²) in [6.07, 6.45) is 0. The Labute approximate surface area is 153 Å². The van der Waals surface area contributed by atoms with Gasteiger partial charge in [-0.05, 0) is 43.0 Å². The molecule has 0 saturated heterocycles. The fraction of sp³-hybridized carbons (Fsp3) is 0.235. The van der Waals surface area contributed by atoms with Crippen LogP contribution < -0.4 is 10.1 Å². The van der Waals surface area contributed by atoms with Crippen LogP contribution in [0.4, 0.5) is 5.69 Å². The molecular formula is C17H17N3O3S2. The minimum absolute atomic E-state index is 0.162. The molecule has 25 heavy (non-hydrogen) atoms. The first-order chi connectivity index (χ1) is 12.1. The molecule has 0 spiro atoms. The van der Waals surface area contributed by atoms with Gasteiger partial charge < -0.3 is 14.5 Å². The zero-order valence-corrected chi connectivity index (χ0v) is 15.6. The molecule has 0 aliphatic carbocycles. The molecule has 0 bridgehead atoms. The van der Waals surface area contributed by atoms with Crippen LogP contribution in [0.3, 0.4) is 0 Å². The molecule has 1 amide bonds. The SMILES string of the molecule is COc1ccc(C)cc1NC(=O)[C@H](C)Sc1nnc(-c2cccs2)o1. The van der Waals surface area contributed by atoms with Crippen LogP contribution >= 0.6 is 23.1 Å². The van der Waals surface area contributed by atoms with Crippen LogP contribution in [-0.2, 0) is 4.79 Å². The van der Waals surface area contributed by atoms with Gasteiger partial charge in [-0.15, -0.1) is 21.5 Å². The monoisotopic (exact) mass is 375 g/mol. The Morgan fingerprint density at radius 3 is 2.92 bits per heavy atom. The van der Waals surface area contributed by atoms with Crippen molar-refractivity contribution in [1.29, 1.82) is 0 Å². The summed E-state index contributed by atoms with van der Waals surface area (Å²) in [5.74, 6) is 0.921. The van der Waals surface area contributed by atoms with Gasteiger partial charge in [0.2, 0.25) is 5.91 Å². The van der Waals surface area contributed by atoms with Gasteiger partial charge in [0.15, 0.2) is 0 Å². The maximum Gasteiger partial charge on any atom is 0.277 e. The fourth-order valence-corrected chi connectivity index (χ4v) is 3.44. The van der Waals surface area contributed by atoms with Crippen molar-refractivity contribution in [2.45, 2.75) is 24.3 Å². The smallest absolute Gasteiger partial charge is 0.277 e. The zero-order chi connectivity index (χ0) is 17.8. The lowest BCUT2D eigenvalue weighted by Gasteiger charge is -2.13. The molecule has 1 aromatic carbocycles. The quantitative estimate of drug-likeness (QED) is 0.650. The average Bonchev–Trinajstić information content (AvgIpc) is 3.26. The van der Waals surface area contributed by atoms with E-state index in [-0.39, 0.29) is 5.91 Å². The van der Waals surface area contributed by atoms with E-state index in [0.29, 0.717) is 22.6 Å². The number of thioether (sulfide) groups is 1. The number of hydrogen-bond donors (Lipinski definition) is 1. The van der Waals surface area contributed by atoms with Crippen LogP contribution in [0.2, 0.25) is 0 Å². The van der Waals surface area contributed by atoms with Gasteiger partial charge in [-0.3, -0.25) is 4.79 Å². The first-order valence-electron chi connectivity index (χ1n) is 7.56. The van der Waals surface area contributed by atoms with E-state index in [9.17, 15) is 4.79 Å². The van der Waals surface area contributed by atoms with Crippen LogP contribution in [0.25, 0.3) is 10.8 Å². The van der Waals surface area contributed by atoms with Gasteiger partial charge in [-0.2, -0.15) is 0 Å². The molecule has 0 unspecified atom stereocenters. The molecule has 2 heterocycles. The average molecular weight is 375 g/mol. The first kappa shape index (κ1) is 17.5. The van der Waals surface area contributed by atoms with Crippen molar-refractivity contribution >= 4 is 34.7 Å². The Morgan fingerprint density at radius 1 is 1.36 bits per heavy atom. The topological polar surface area (TPSA) is 77.2 Å². The summed E-state index contributed by atoms with van der Waals surface area (Å²) in [6.45, 7) is 3.75. The normalized spacial score (nSPS) is 12.0. The second-order valence-electron chi connectivity index (χ2n) is 5.30. The van der Waals surface area contributed by atoms with E-state index >= 15 is 0 Å². The van der Waals surface area contributed by atoms with Crippen molar-refractivity contribution in [2.75, 3.05) is 12.4 Å². The van der Waals surface area contributed by atoms with Crippen LogP contribution in [-0.4, -0.2) is 28.5 Å². The van der Waals surface area contributed by atoms with Gasteiger partial charge in [0, 0.05) is 0 Å². The molecule has 1 atom stereocenters. The first-order valence-corrected chi connectivity index (χ1v) is 9.32. The Balaban J connectivity index is 1.66. The number of aryl methyl sites for hydroxylation is 1. The predicted molar refractivity (Wildman–Crippen MR) is 99.3 cm³/mol. The Bertz CT molecular complexity index is 862. The number of carbonyl (C=O) groups excluding carboxylic acids is 1. The van der Waals surface area contributed by atoms with Gasteiger partial charge >= 0.3 is 0 Å². The highest BCUT2D eigenvalue weighted by atomic mass is 32.2. The highest BCUT2D eigenvalue weighted by Gasteiger charge is 2.20. The van der Waals surface area contributed by atoms with Crippen molar-refractivity contribution in [1.82, 2.24) is 10.2 Å². The third-order valence-corrected chi connectivity index (χ3v) is 5.19. The molecule has 0 radical (unpaired) electrons. The number of benzene rings is 1. The number of hydrogen-bond acceptors (Lipinski definition) is 7. The van der Waals surface area contributed by atoms with Gasteiger partial charge in [0.25, 0.3) is 11.1 Å². The lowest BCUT2D eigenvalue weighted by Crippen LogP contribution is -2.22. The fourth-order valence-electron chi connectivity index (χ4n) is 2.12. The maximum atomic E-state index is 12.5. The van der Waals surface area contributed by atoms with E-state index < -0.39 is 5.25 Å². The third-order valence-electron chi connectivity index (χ3n) is 3.40. The molecule has 0 saturated carbocycles. The number of ether oxygens (including phenoxy) is 1. The lowest BCUT2D eigenvalue weighted by atomic mass is 10.2. The molecule has 8 heteroatoms. The minimum atomic E-state index is -0.401. The molecule has 0 aliphatic rings. The number of nitrogens with one attached hydrogen (secondary N) is 1. The van der Waals surface area contributed by atoms with Crippen molar-refractivity contribution in [3.8, 4) is 16.5 Å². The summed E-state index contributed by atoms with van der Waals surface area (Å²) in [4.78, 5) is 13.4. The van der Waals surface area contributed by atoms with Crippen LogP contribution in [0.15, 0.2) is 45.4 Å². The van der Waals surface area contributed by atoms with E-state index in [0.717, 1.165) is 10.4 Å². The molecule has 0 aliphatic heterocycles. The number of aromatic nitrogens is 2. The van der Waals surface area contributed by atoms with Crippen molar-refractivity contribution in [3.05, 3.63) is 41.3 Å². The molecule has 2 aromatic heterocycles. The predicted octanol–water partition coefficient (Wildman–Crippen LogP) is 4.23. The number of carbonyl (C=O) groups is 1. The van der Waals surface area contributed by atoms with Crippen LogP contribution in [0, 0.1) is 6.92 Å². The molecule has 130 valence electrons. The van der Waals surface area contributed by atoms with E-state index in [1.165, 1.54) is 23.1 Å². The molecule has 3 rings (SSSR count). The summed E-state index contributed by atoms with van der Waals surface area (Å²) in [5, 5.41) is 12.8. The summed E-state index contributed by atoms with van der Waals surface area (Å²) < 4.78 is 10.9. The summed E-state index contributed by atoms with van der Waals surface area (Å²) in [7, 11) is 1.57. The molecule has 6 nitrogen and oxygen atoms in total. The van der Waals surface area contributed by atoms with Crippen molar-refractivity contribution in [3.63, 3.8) is 0 Å². The second kappa shape index (κ2) is 7.71. The largest absolute Gasteiger partial charge is 0.495 e. The number of amides is 1. The molecule has 1 N–H and O–H groups in total. The molecular weight excluding hydrogens is 358 g/mol. The van der Waals surface area contributed by atoms with Crippen LogP contribution in [0.1, 0.15) is 12.5 Å². The second-order valence-corrected chi connectivity index (χ2v) is 7.54. The standard InChI is InChI=1S/C17H17N3O3S2/c1-10-6-7-13(22-3)12(9-10)18-15(21)11(2)25-17-20-19-16(23-17)14-5-4-8-24-14/h4-9,11H,1-3H3,(H,18,21)/t11-/m0/s1. The Hall–Kier alpha value is -2.32. The molecule has 0 fully saturated rings. The van der Waals surface area contributed by atoms with Crippen molar-refractivity contribution < 1.29 is 13.9 Å². The molecule has 3 aromatic rings. The van der Waals surface area contributed by atoms with E-state index in [1.54, 1.807) is 14.0 Å². The van der Waals surface area contributed by atoms with Gasteiger partial charge in [-0.25, -0.2) is 0 Å². The zero-order valence-electron chi connectivity index (χ0n) is 14.0. The Morgan fingerprint density at radius 2 is 2.20 bits per heavy atom. The van der Waals surface area contributed by atoms with Gasteiger partial charge in [0.1, 0.15) is 5.75 Å². The third kappa shape index (κ3) is 4.21. The van der Waals surface area contributed by atoms with Gasteiger partial charge in [-0.1, -0.05) is 23.9 Å². The highest BCUT2D eigenvalue weighted by molar-refractivity contribution is 8.00. The van der Waals surface area contributed by atoms with E-state index in [1.807, 2.05) is 42.6 Å². The van der Waals surface area contributed by atoms with Crippen molar-refractivity contribution in [2.24, 2.45) is 0 Å². The number of rotatable bonds is 6. The lowest BCUT2D eigenvalue weighted by molar-refractivity contribution is -0.115. The number of thiophene rings is 1. The summed E-state index contributed by atoms with van der Waals surface area (Å²) in [5.41, 5.74) is 1.68. The summed E-state index contributed by atoms with van der Waals surface area (Å²) >= 11 is 2.74. The van der Waals surface area contributed by atoms with E-state index in [4.69, 9.17) is 9.15 Å². The number of nitrogens with zero attached hydrogens (tertiary/aromatic N) is 2. The summed E-state index contributed by atoms with van der Waals surface area (Å²) in [6, 6.07) is 9.45. The highest BCUT2D eigenvalue weighted by Crippen LogP contribution is 2.30. The Kier molecular flexibility index (Phi) is 5.40. The minimum Gasteiger partial charge on any atom is -0.495 e. The van der Waals surface area contributed by atoms with Gasteiger partial charge in [0.05, 0.1) is 22.9 Å². The number of methoxy groups -OCH3 is 1. The maximum absolute atomic E-state index is 12.5. The van der Waals surface area contributed by atoms with E-state index in [2.05, 4.69) is 15.5 Å². The number of anilines is 1. The van der Waals surface area contributed by atoms with Crippen LogP contribution in [0.5, 0.6) is 5.75 Å².